The monoisotopic (exact) mass is 386 g/mol. The number of benzene rings is 2. The molecular formula is C24H26N4O. The highest BCUT2D eigenvalue weighted by Gasteiger charge is 2.26. The Morgan fingerprint density at radius 1 is 1.00 bits per heavy atom. The molecule has 1 amide bonds. The van der Waals surface area contributed by atoms with Crippen LogP contribution in [0.3, 0.4) is 0 Å². The first-order valence-corrected chi connectivity index (χ1v) is 10.1. The highest BCUT2D eigenvalue weighted by atomic mass is 16.1. The summed E-state index contributed by atoms with van der Waals surface area (Å²) >= 11 is 0. The zero-order valence-electron chi connectivity index (χ0n) is 16.9. The van der Waals surface area contributed by atoms with Crippen LogP contribution in [0.1, 0.15) is 24.0 Å². The van der Waals surface area contributed by atoms with Gasteiger partial charge in [-0.15, -0.1) is 10.2 Å². The summed E-state index contributed by atoms with van der Waals surface area (Å²) < 4.78 is 0. The minimum atomic E-state index is -0.0529. The lowest BCUT2D eigenvalue weighted by Crippen LogP contribution is -2.41. The maximum atomic E-state index is 12.7. The van der Waals surface area contributed by atoms with Gasteiger partial charge >= 0.3 is 0 Å². The average Bonchev–Trinajstić information content (AvgIpc) is 2.74. The molecule has 0 aliphatic carbocycles. The van der Waals surface area contributed by atoms with Crippen molar-refractivity contribution in [2.24, 2.45) is 5.92 Å². The van der Waals surface area contributed by atoms with Crippen LogP contribution in [0.2, 0.25) is 0 Å². The van der Waals surface area contributed by atoms with Gasteiger partial charge in [-0.1, -0.05) is 42.0 Å². The van der Waals surface area contributed by atoms with Crippen molar-refractivity contribution < 1.29 is 4.79 Å². The Morgan fingerprint density at radius 3 is 2.55 bits per heavy atom. The number of nitrogens with zero attached hydrogens (tertiary/aromatic N) is 3. The van der Waals surface area contributed by atoms with Crippen LogP contribution in [-0.4, -0.2) is 29.2 Å². The second-order valence-corrected chi connectivity index (χ2v) is 7.79. The van der Waals surface area contributed by atoms with Crippen molar-refractivity contribution in [2.45, 2.75) is 26.7 Å². The lowest BCUT2D eigenvalue weighted by Gasteiger charge is -2.32. The molecule has 1 fully saturated rings. The van der Waals surface area contributed by atoms with E-state index in [0.29, 0.717) is 6.54 Å². The normalized spacial score (nSPS) is 16.5. The number of hydrogen-bond acceptors (Lipinski definition) is 4. The average molecular weight is 386 g/mol. The minimum Gasteiger partial charge on any atom is -0.354 e. The van der Waals surface area contributed by atoms with E-state index in [1.165, 1.54) is 5.56 Å². The van der Waals surface area contributed by atoms with Crippen molar-refractivity contribution in [3.8, 4) is 11.3 Å². The molecule has 29 heavy (non-hydrogen) atoms. The van der Waals surface area contributed by atoms with Gasteiger partial charge in [0.25, 0.3) is 0 Å². The first-order chi connectivity index (χ1) is 14.1. The number of piperidine rings is 1. The summed E-state index contributed by atoms with van der Waals surface area (Å²) in [4.78, 5) is 14.9. The third-order valence-corrected chi connectivity index (χ3v) is 5.40. The van der Waals surface area contributed by atoms with E-state index in [-0.39, 0.29) is 11.8 Å². The van der Waals surface area contributed by atoms with Gasteiger partial charge in [0.1, 0.15) is 0 Å². The number of aryl methyl sites for hydroxylation is 2. The minimum absolute atomic E-state index is 0.0529. The van der Waals surface area contributed by atoms with Gasteiger partial charge in [-0.3, -0.25) is 4.79 Å². The molecule has 0 radical (unpaired) electrons. The summed E-state index contributed by atoms with van der Waals surface area (Å²) in [7, 11) is 0. The fourth-order valence-corrected chi connectivity index (χ4v) is 3.74. The molecule has 1 saturated heterocycles. The van der Waals surface area contributed by atoms with Crippen molar-refractivity contribution in [3.63, 3.8) is 0 Å². The molecule has 3 aromatic rings. The Labute approximate surface area is 171 Å². The highest BCUT2D eigenvalue weighted by molar-refractivity contribution is 5.93. The van der Waals surface area contributed by atoms with Crippen LogP contribution in [0.4, 0.5) is 11.5 Å². The van der Waals surface area contributed by atoms with Gasteiger partial charge in [0, 0.05) is 24.3 Å². The Balaban J connectivity index is 1.42. The molecule has 1 aliphatic rings. The van der Waals surface area contributed by atoms with Gasteiger partial charge in [0.05, 0.1) is 11.6 Å². The zero-order valence-corrected chi connectivity index (χ0v) is 16.9. The Hall–Kier alpha value is -3.21. The van der Waals surface area contributed by atoms with Crippen molar-refractivity contribution >= 4 is 17.4 Å². The number of nitrogens with one attached hydrogen (secondary N) is 1. The van der Waals surface area contributed by atoms with E-state index in [4.69, 9.17) is 0 Å². The number of amides is 1. The second kappa shape index (κ2) is 8.43. The second-order valence-electron chi connectivity index (χ2n) is 7.79. The fourth-order valence-electron chi connectivity index (χ4n) is 3.74. The van der Waals surface area contributed by atoms with Crippen molar-refractivity contribution in [1.82, 2.24) is 10.2 Å². The van der Waals surface area contributed by atoms with E-state index in [2.05, 4.69) is 51.6 Å². The maximum absolute atomic E-state index is 12.7. The van der Waals surface area contributed by atoms with Crippen LogP contribution in [-0.2, 0) is 4.79 Å². The summed E-state index contributed by atoms with van der Waals surface area (Å²) in [6, 6.07) is 20.2. The number of carbonyl (C=O) groups excluding carboxylic acids is 1. The molecule has 5 heteroatoms. The van der Waals surface area contributed by atoms with Crippen LogP contribution < -0.4 is 10.2 Å². The van der Waals surface area contributed by atoms with E-state index in [1.807, 2.05) is 43.3 Å². The van der Waals surface area contributed by atoms with E-state index < -0.39 is 0 Å². The predicted molar refractivity (Wildman–Crippen MR) is 117 cm³/mol. The quantitative estimate of drug-likeness (QED) is 0.711. The van der Waals surface area contributed by atoms with Gasteiger partial charge in [-0.2, -0.15) is 0 Å². The van der Waals surface area contributed by atoms with Crippen molar-refractivity contribution in [1.29, 1.82) is 0 Å². The number of hydrogen-bond donors (Lipinski definition) is 1. The van der Waals surface area contributed by atoms with Gasteiger partial charge in [-0.25, -0.2) is 0 Å². The standard InChI is InChI=1S/C24H26N4O/c1-17-8-10-19(11-9-17)22-12-13-23(27-26-22)28-14-4-6-20(16-28)24(29)25-21-7-3-5-18(2)15-21/h3,5,7-13,15,20H,4,6,14,16H2,1-2H3,(H,25,29). The van der Waals surface area contributed by atoms with E-state index >= 15 is 0 Å². The molecule has 0 spiro atoms. The summed E-state index contributed by atoms with van der Waals surface area (Å²) in [5.74, 6) is 0.848. The van der Waals surface area contributed by atoms with E-state index in [0.717, 1.165) is 47.7 Å². The van der Waals surface area contributed by atoms with Crippen molar-refractivity contribution in [2.75, 3.05) is 23.3 Å². The summed E-state index contributed by atoms with van der Waals surface area (Å²) in [5.41, 5.74) is 5.14. The van der Waals surface area contributed by atoms with Crippen molar-refractivity contribution in [3.05, 3.63) is 71.8 Å². The van der Waals surface area contributed by atoms with Gasteiger partial charge in [0.2, 0.25) is 5.91 Å². The van der Waals surface area contributed by atoms with E-state index in [1.54, 1.807) is 0 Å². The molecule has 148 valence electrons. The molecule has 1 atom stereocenters. The lowest BCUT2D eigenvalue weighted by atomic mass is 9.97. The highest BCUT2D eigenvalue weighted by Crippen LogP contribution is 2.24. The summed E-state index contributed by atoms with van der Waals surface area (Å²) in [6.07, 6.45) is 1.86. The van der Waals surface area contributed by atoms with Crippen LogP contribution in [0, 0.1) is 19.8 Å². The first-order valence-electron chi connectivity index (χ1n) is 10.1. The van der Waals surface area contributed by atoms with Crippen LogP contribution >= 0.6 is 0 Å². The number of rotatable bonds is 4. The topological polar surface area (TPSA) is 58.1 Å². The third-order valence-electron chi connectivity index (χ3n) is 5.40. The van der Waals surface area contributed by atoms with Crippen LogP contribution in [0.5, 0.6) is 0 Å². The summed E-state index contributed by atoms with van der Waals surface area (Å²) in [5, 5.41) is 11.9. The maximum Gasteiger partial charge on any atom is 0.229 e. The Kier molecular flexibility index (Phi) is 5.56. The van der Waals surface area contributed by atoms with Crippen LogP contribution in [0.25, 0.3) is 11.3 Å². The van der Waals surface area contributed by atoms with Crippen LogP contribution in [0.15, 0.2) is 60.7 Å². The molecule has 0 bridgehead atoms. The number of carbonyl (C=O) groups is 1. The van der Waals surface area contributed by atoms with E-state index in [9.17, 15) is 4.79 Å². The predicted octanol–water partition coefficient (Wildman–Crippen LogP) is 4.62. The molecule has 1 aliphatic heterocycles. The first kappa shape index (κ1) is 19.1. The molecule has 1 unspecified atom stereocenters. The molecule has 2 aromatic carbocycles. The molecule has 4 rings (SSSR count). The van der Waals surface area contributed by atoms with Gasteiger partial charge in [-0.05, 0) is 56.5 Å². The Bertz CT molecular complexity index is 983. The molecule has 1 aromatic heterocycles. The Morgan fingerprint density at radius 2 is 1.83 bits per heavy atom. The SMILES string of the molecule is Cc1ccc(-c2ccc(N3CCCC(C(=O)Nc4cccc(C)c4)C3)nn2)cc1. The summed E-state index contributed by atoms with van der Waals surface area (Å²) in [6.45, 7) is 5.65. The largest absolute Gasteiger partial charge is 0.354 e. The molecule has 0 saturated carbocycles. The third kappa shape index (κ3) is 4.62. The number of anilines is 2. The fraction of sp³-hybridized carbons (Fsp3) is 0.292. The molecule has 5 nitrogen and oxygen atoms in total. The molecular weight excluding hydrogens is 360 g/mol. The van der Waals surface area contributed by atoms with Gasteiger partial charge in [0.15, 0.2) is 5.82 Å². The van der Waals surface area contributed by atoms with Gasteiger partial charge < -0.3 is 10.2 Å². The lowest BCUT2D eigenvalue weighted by molar-refractivity contribution is -0.120. The smallest absolute Gasteiger partial charge is 0.229 e. The number of aromatic nitrogens is 2. The molecule has 1 N–H and O–H groups in total. The zero-order chi connectivity index (χ0) is 20.2. The molecule has 2 heterocycles.